The SMILES string of the molecule is CC(C)OCCS(=O)(=O)Nc1ccccc1OCC(=O)O. The van der Waals surface area contributed by atoms with E-state index in [1.54, 1.807) is 12.1 Å². The van der Waals surface area contributed by atoms with Crippen LogP contribution < -0.4 is 9.46 Å². The van der Waals surface area contributed by atoms with Crippen molar-refractivity contribution in [3.8, 4) is 5.75 Å². The van der Waals surface area contributed by atoms with Gasteiger partial charge in [-0.15, -0.1) is 0 Å². The van der Waals surface area contributed by atoms with E-state index in [1.807, 2.05) is 13.8 Å². The number of carboxylic acids is 1. The second kappa shape index (κ2) is 7.84. The van der Waals surface area contributed by atoms with Crippen LogP contribution in [0.1, 0.15) is 13.8 Å². The molecule has 0 heterocycles. The van der Waals surface area contributed by atoms with Crippen molar-refractivity contribution in [2.75, 3.05) is 23.7 Å². The minimum absolute atomic E-state index is 0.0496. The van der Waals surface area contributed by atoms with Gasteiger partial charge in [0.25, 0.3) is 0 Å². The van der Waals surface area contributed by atoms with Gasteiger partial charge in [-0.2, -0.15) is 0 Å². The monoisotopic (exact) mass is 317 g/mol. The molecule has 0 aromatic heterocycles. The molecule has 0 aliphatic heterocycles. The zero-order chi connectivity index (χ0) is 15.9. The highest BCUT2D eigenvalue weighted by molar-refractivity contribution is 7.92. The molecule has 21 heavy (non-hydrogen) atoms. The van der Waals surface area contributed by atoms with Gasteiger partial charge in [-0.1, -0.05) is 12.1 Å². The number of rotatable bonds is 9. The summed E-state index contributed by atoms with van der Waals surface area (Å²) in [5.41, 5.74) is 0.197. The molecule has 0 saturated heterocycles. The number of benzene rings is 1. The Kier molecular flexibility index (Phi) is 6.44. The van der Waals surface area contributed by atoms with Gasteiger partial charge in [-0.05, 0) is 26.0 Å². The summed E-state index contributed by atoms with van der Waals surface area (Å²) in [4.78, 5) is 10.5. The zero-order valence-corrected chi connectivity index (χ0v) is 12.7. The molecule has 2 N–H and O–H groups in total. The van der Waals surface area contributed by atoms with E-state index in [-0.39, 0.29) is 29.9 Å². The van der Waals surface area contributed by atoms with Crippen LogP contribution in [0.15, 0.2) is 24.3 Å². The number of aliphatic carboxylic acids is 1. The topological polar surface area (TPSA) is 102 Å². The molecule has 0 aliphatic rings. The summed E-state index contributed by atoms with van der Waals surface area (Å²) in [6, 6.07) is 6.23. The summed E-state index contributed by atoms with van der Waals surface area (Å²) < 4.78 is 36.4. The van der Waals surface area contributed by atoms with Gasteiger partial charge < -0.3 is 14.6 Å². The lowest BCUT2D eigenvalue weighted by molar-refractivity contribution is -0.139. The van der Waals surface area contributed by atoms with Crippen LogP contribution in [-0.2, 0) is 19.6 Å². The first kappa shape index (κ1) is 17.3. The highest BCUT2D eigenvalue weighted by Gasteiger charge is 2.14. The first-order valence-corrected chi connectivity index (χ1v) is 8.01. The summed E-state index contributed by atoms with van der Waals surface area (Å²) in [5, 5.41) is 8.59. The van der Waals surface area contributed by atoms with Gasteiger partial charge in [0.2, 0.25) is 10.0 Å². The number of hydrogen-bond acceptors (Lipinski definition) is 5. The summed E-state index contributed by atoms with van der Waals surface area (Å²) in [7, 11) is -3.59. The normalized spacial score (nSPS) is 11.4. The van der Waals surface area contributed by atoms with Crippen LogP contribution in [0.4, 0.5) is 5.69 Å². The van der Waals surface area contributed by atoms with E-state index in [0.29, 0.717) is 0 Å². The summed E-state index contributed by atoms with van der Waals surface area (Å²) >= 11 is 0. The van der Waals surface area contributed by atoms with Crippen LogP contribution in [0.2, 0.25) is 0 Å². The standard InChI is InChI=1S/C13H19NO6S/c1-10(2)19-7-8-21(17,18)14-11-5-3-4-6-12(11)20-9-13(15)16/h3-6,10,14H,7-9H2,1-2H3,(H,15,16). The fraction of sp³-hybridized carbons (Fsp3) is 0.462. The largest absolute Gasteiger partial charge is 0.480 e. The highest BCUT2D eigenvalue weighted by atomic mass is 32.2. The molecule has 0 saturated carbocycles. The molecule has 8 heteroatoms. The number of nitrogens with one attached hydrogen (secondary N) is 1. The van der Waals surface area contributed by atoms with Gasteiger partial charge in [-0.3, -0.25) is 4.72 Å². The predicted molar refractivity (Wildman–Crippen MR) is 78.1 cm³/mol. The molecule has 1 aromatic rings. The summed E-state index contributed by atoms with van der Waals surface area (Å²) in [6.07, 6.45) is -0.0496. The Morgan fingerprint density at radius 2 is 2.00 bits per heavy atom. The molecular weight excluding hydrogens is 298 g/mol. The zero-order valence-electron chi connectivity index (χ0n) is 11.9. The fourth-order valence-electron chi connectivity index (χ4n) is 1.43. The van der Waals surface area contributed by atoms with Crippen molar-refractivity contribution in [1.29, 1.82) is 0 Å². The average molecular weight is 317 g/mol. The van der Waals surface area contributed by atoms with Crippen LogP contribution >= 0.6 is 0 Å². The Hall–Kier alpha value is -1.80. The van der Waals surface area contributed by atoms with E-state index in [0.717, 1.165) is 0 Å². The van der Waals surface area contributed by atoms with E-state index >= 15 is 0 Å². The first-order valence-electron chi connectivity index (χ1n) is 6.36. The van der Waals surface area contributed by atoms with Gasteiger partial charge in [0.05, 0.1) is 24.2 Å². The Bertz CT molecular complexity index is 570. The molecule has 0 amide bonds. The van der Waals surface area contributed by atoms with E-state index in [2.05, 4.69) is 4.72 Å². The van der Waals surface area contributed by atoms with Crippen molar-refractivity contribution >= 4 is 21.7 Å². The lowest BCUT2D eigenvalue weighted by Gasteiger charge is -2.13. The van der Waals surface area contributed by atoms with E-state index < -0.39 is 22.6 Å². The maximum absolute atomic E-state index is 11.9. The highest BCUT2D eigenvalue weighted by Crippen LogP contribution is 2.24. The van der Waals surface area contributed by atoms with Gasteiger partial charge in [0.1, 0.15) is 5.75 Å². The van der Waals surface area contributed by atoms with Crippen molar-refractivity contribution in [2.24, 2.45) is 0 Å². The Labute approximate surface area is 123 Å². The maximum atomic E-state index is 11.9. The van der Waals surface area contributed by atoms with Crippen molar-refractivity contribution in [2.45, 2.75) is 20.0 Å². The summed E-state index contributed by atoms with van der Waals surface area (Å²) in [5.74, 6) is -1.18. The molecule has 7 nitrogen and oxygen atoms in total. The molecule has 0 spiro atoms. The van der Waals surface area contributed by atoms with Crippen molar-refractivity contribution in [3.05, 3.63) is 24.3 Å². The number of ether oxygens (including phenoxy) is 2. The molecule has 1 rings (SSSR count). The molecule has 0 fully saturated rings. The Balaban J connectivity index is 2.70. The van der Waals surface area contributed by atoms with Crippen molar-refractivity contribution < 1.29 is 27.8 Å². The van der Waals surface area contributed by atoms with Crippen molar-refractivity contribution in [1.82, 2.24) is 0 Å². The minimum Gasteiger partial charge on any atom is -0.480 e. The van der Waals surface area contributed by atoms with Crippen LogP contribution in [0.3, 0.4) is 0 Å². The fourth-order valence-corrected chi connectivity index (χ4v) is 2.35. The van der Waals surface area contributed by atoms with Gasteiger partial charge in [0, 0.05) is 0 Å². The molecular formula is C13H19NO6S. The number of carboxylic acid groups (broad SMARTS) is 1. The Morgan fingerprint density at radius 3 is 2.62 bits per heavy atom. The summed E-state index contributed by atoms with van der Waals surface area (Å²) in [6.45, 7) is 3.16. The van der Waals surface area contributed by atoms with E-state index in [1.165, 1.54) is 12.1 Å². The lowest BCUT2D eigenvalue weighted by Crippen LogP contribution is -2.22. The average Bonchev–Trinajstić information content (AvgIpc) is 2.36. The van der Waals surface area contributed by atoms with E-state index in [9.17, 15) is 13.2 Å². The predicted octanol–water partition coefficient (Wildman–Crippen LogP) is 1.32. The third kappa shape index (κ3) is 6.96. The third-order valence-electron chi connectivity index (χ3n) is 2.31. The second-order valence-electron chi connectivity index (χ2n) is 4.52. The van der Waals surface area contributed by atoms with Crippen LogP contribution in [0.25, 0.3) is 0 Å². The molecule has 0 radical (unpaired) electrons. The van der Waals surface area contributed by atoms with Crippen LogP contribution in [0, 0.1) is 0 Å². The number of sulfonamides is 1. The Morgan fingerprint density at radius 1 is 1.33 bits per heavy atom. The van der Waals surface area contributed by atoms with Crippen LogP contribution in [-0.4, -0.2) is 44.6 Å². The second-order valence-corrected chi connectivity index (χ2v) is 6.36. The minimum atomic E-state index is -3.59. The van der Waals surface area contributed by atoms with Crippen molar-refractivity contribution in [3.63, 3.8) is 0 Å². The molecule has 118 valence electrons. The lowest BCUT2D eigenvalue weighted by atomic mass is 10.3. The molecule has 1 aromatic carbocycles. The number of carbonyl (C=O) groups is 1. The molecule has 0 bridgehead atoms. The molecule has 0 unspecified atom stereocenters. The number of hydrogen-bond donors (Lipinski definition) is 2. The van der Waals surface area contributed by atoms with Gasteiger partial charge in [0.15, 0.2) is 6.61 Å². The maximum Gasteiger partial charge on any atom is 0.341 e. The number of para-hydroxylation sites is 2. The van der Waals surface area contributed by atoms with Crippen LogP contribution in [0.5, 0.6) is 5.75 Å². The van der Waals surface area contributed by atoms with E-state index in [4.69, 9.17) is 14.6 Å². The van der Waals surface area contributed by atoms with Gasteiger partial charge in [-0.25, -0.2) is 13.2 Å². The molecule has 0 atom stereocenters. The first-order chi connectivity index (χ1) is 9.80. The number of anilines is 1. The quantitative estimate of drug-likeness (QED) is 0.712. The third-order valence-corrected chi connectivity index (χ3v) is 3.54. The smallest absolute Gasteiger partial charge is 0.341 e. The molecule has 0 aliphatic carbocycles. The van der Waals surface area contributed by atoms with Gasteiger partial charge >= 0.3 is 5.97 Å².